The summed E-state index contributed by atoms with van der Waals surface area (Å²) >= 11 is 0. The highest BCUT2D eigenvalue weighted by Gasteiger charge is 2.17. The average molecular weight is 419 g/mol. The summed E-state index contributed by atoms with van der Waals surface area (Å²) in [6, 6.07) is 29.4. The summed E-state index contributed by atoms with van der Waals surface area (Å²) in [5.74, 6) is 1.81. The number of hydrogen-bond donors (Lipinski definition) is 1. The molecule has 0 aliphatic heterocycles. The van der Waals surface area contributed by atoms with Crippen molar-refractivity contribution in [1.82, 2.24) is 15.0 Å². The molecule has 5 rings (SSSR count). The van der Waals surface area contributed by atoms with Gasteiger partial charge in [-0.25, -0.2) is 9.97 Å². The Bertz CT molecular complexity index is 1330. The van der Waals surface area contributed by atoms with Crippen LogP contribution in [0.1, 0.15) is 13.8 Å². The number of nitrogens with one attached hydrogen (secondary N) is 1. The minimum atomic E-state index is 0.824. The predicted octanol–water partition coefficient (Wildman–Crippen LogP) is 6.81. The zero-order valence-corrected chi connectivity index (χ0v) is 18.4. The number of H-pyrrole nitrogens is 1. The van der Waals surface area contributed by atoms with Gasteiger partial charge in [-0.15, -0.1) is 0 Å². The number of hydrogen-bond acceptors (Lipinski definition) is 3. The average Bonchev–Trinajstić information content (AvgIpc) is 3.31. The van der Waals surface area contributed by atoms with Gasteiger partial charge >= 0.3 is 0 Å². The van der Waals surface area contributed by atoms with Crippen molar-refractivity contribution in [3.05, 3.63) is 91.1 Å². The van der Waals surface area contributed by atoms with E-state index in [1.165, 1.54) is 10.8 Å². The first kappa shape index (κ1) is 20.0. The molecule has 0 atom stereocenters. The Morgan fingerprint density at radius 3 is 2.25 bits per heavy atom. The molecule has 0 radical (unpaired) electrons. The first-order valence-corrected chi connectivity index (χ1v) is 11.1. The molecule has 2 heterocycles. The molecule has 0 spiro atoms. The molecule has 158 valence electrons. The molecule has 32 heavy (non-hydrogen) atoms. The van der Waals surface area contributed by atoms with Crippen molar-refractivity contribution in [3.8, 4) is 33.9 Å². The second-order valence-corrected chi connectivity index (χ2v) is 7.78. The zero-order chi connectivity index (χ0) is 21.9. The van der Waals surface area contributed by atoms with E-state index >= 15 is 0 Å². The van der Waals surface area contributed by atoms with Crippen molar-refractivity contribution in [2.45, 2.75) is 13.8 Å². The van der Waals surface area contributed by atoms with Gasteiger partial charge in [-0.2, -0.15) is 0 Å². The standard InChI is InChI=1S/C28H26N4/c1-3-32(4-2)25-18-17-22(19-29-25)28-30-26(21-12-6-5-7-13-21)27(31-28)24-16-10-14-20-11-8-9-15-23(20)24/h5-19H,3-4H2,1-2H3,(H,30,31). The van der Waals surface area contributed by atoms with Gasteiger partial charge in [-0.1, -0.05) is 72.8 Å². The van der Waals surface area contributed by atoms with Crippen molar-refractivity contribution in [2.24, 2.45) is 0 Å². The quantitative estimate of drug-likeness (QED) is 0.330. The molecule has 4 nitrogen and oxygen atoms in total. The maximum Gasteiger partial charge on any atom is 0.140 e. The first-order chi connectivity index (χ1) is 15.8. The highest BCUT2D eigenvalue weighted by molar-refractivity contribution is 5.99. The summed E-state index contributed by atoms with van der Waals surface area (Å²) in [7, 11) is 0. The molecule has 5 aromatic rings. The second kappa shape index (κ2) is 8.67. The summed E-state index contributed by atoms with van der Waals surface area (Å²) in [5, 5.41) is 2.42. The fourth-order valence-corrected chi connectivity index (χ4v) is 4.21. The lowest BCUT2D eigenvalue weighted by atomic mass is 9.99. The third-order valence-electron chi connectivity index (χ3n) is 5.92. The van der Waals surface area contributed by atoms with Crippen molar-refractivity contribution >= 4 is 16.6 Å². The number of benzene rings is 3. The van der Waals surface area contributed by atoms with E-state index in [0.717, 1.165) is 52.8 Å². The topological polar surface area (TPSA) is 44.8 Å². The van der Waals surface area contributed by atoms with Gasteiger partial charge in [0.1, 0.15) is 11.6 Å². The number of rotatable bonds is 6. The Morgan fingerprint density at radius 2 is 1.50 bits per heavy atom. The van der Waals surface area contributed by atoms with Gasteiger partial charge in [0.25, 0.3) is 0 Å². The molecule has 0 saturated heterocycles. The van der Waals surface area contributed by atoms with Crippen LogP contribution in [0.5, 0.6) is 0 Å². The van der Waals surface area contributed by atoms with Gasteiger partial charge in [0.2, 0.25) is 0 Å². The number of aromatic nitrogens is 3. The number of anilines is 1. The van der Waals surface area contributed by atoms with E-state index in [1.54, 1.807) is 0 Å². The van der Waals surface area contributed by atoms with E-state index in [9.17, 15) is 0 Å². The lowest BCUT2D eigenvalue weighted by Crippen LogP contribution is -2.22. The van der Waals surface area contributed by atoms with Crippen molar-refractivity contribution < 1.29 is 0 Å². The maximum absolute atomic E-state index is 5.04. The molecule has 1 N–H and O–H groups in total. The van der Waals surface area contributed by atoms with Crippen LogP contribution in [0.15, 0.2) is 91.1 Å². The van der Waals surface area contributed by atoms with Crippen LogP contribution in [0.3, 0.4) is 0 Å². The van der Waals surface area contributed by atoms with Crippen LogP contribution in [0, 0.1) is 0 Å². The van der Waals surface area contributed by atoms with Gasteiger partial charge in [-0.05, 0) is 36.8 Å². The number of pyridine rings is 1. The zero-order valence-electron chi connectivity index (χ0n) is 18.4. The Morgan fingerprint density at radius 1 is 0.750 bits per heavy atom. The molecule has 0 unspecified atom stereocenters. The molecule has 3 aromatic carbocycles. The van der Waals surface area contributed by atoms with Crippen LogP contribution in [0.4, 0.5) is 5.82 Å². The summed E-state index contributed by atoms with van der Waals surface area (Å²) in [4.78, 5) is 15.6. The van der Waals surface area contributed by atoms with Crippen LogP contribution in [-0.2, 0) is 0 Å². The van der Waals surface area contributed by atoms with Gasteiger partial charge < -0.3 is 9.88 Å². The molecule has 4 heteroatoms. The van der Waals surface area contributed by atoms with Crippen molar-refractivity contribution in [2.75, 3.05) is 18.0 Å². The predicted molar refractivity (Wildman–Crippen MR) is 134 cm³/mol. The molecule has 0 bridgehead atoms. The lowest BCUT2D eigenvalue weighted by molar-refractivity contribution is 0.846. The van der Waals surface area contributed by atoms with Crippen LogP contribution in [-0.4, -0.2) is 28.0 Å². The molecule has 0 saturated carbocycles. The van der Waals surface area contributed by atoms with E-state index in [4.69, 9.17) is 9.97 Å². The molecule has 0 aliphatic rings. The van der Waals surface area contributed by atoms with Crippen molar-refractivity contribution in [1.29, 1.82) is 0 Å². The molecular weight excluding hydrogens is 392 g/mol. The van der Waals surface area contributed by atoms with Gasteiger partial charge in [-0.3, -0.25) is 0 Å². The minimum Gasteiger partial charge on any atom is -0.357 e. The second-order valence-electron chi connectivity index (χ2n) is 7.78. The van der Waals surface area contributed by atoms with E-state index in [-0.39, 0.29) is 0 Å². The summed E-state index contributed by atoms with van der Waals surface area (Å²) in [6.07, 6.45) is 1.91. The van der Waals surface area contributed by atoms with Crippen LogP contribution in [0.2, 0.25) is 0 Å². The molecular formula is C28H26N4. The summed E-state index contributed by atoms with van der Waals surface area (Å²) < 4.78 is 0. The summed E-state index contributed by atoms with van der Waals surface area (Å²) in [5.41, 5.74) is 5.18. The monoisotopic (exact) mass is 418 g/mol. The number of nitrogens with zero attached hydrogens (tertiary/aromatic N) is 3. The largest absolute Gasteiger partial charge is 0.357 e. The van der Waals surface area contributed by atoms with E-state index in [2.05, 4.69) is 103 Å². The Balaban J connectivity index is 1.66. The van der Waals surface area contributed by atoms with E-state index in [1.807, 2.05) is 12.3 Å². The van der Waals surface area contributed by atoms with E-state index < -0.39 is 0 Å². The number of imidazole rings is 1. The SMILES string of the molecule is CCN(CC)c1ccc(-c2nc(-c3ccccc3)c(-c3cccc4ccccc34)[nH]2)cn1. The molecule has 0 aliphatic carbocycles. The Labute approximate surface area is 188 Å². The smallest absolute Gasteiger partial charge is 0.140 e. The highest BCUT2D eigenvalue weighted by atomic mass is 15.2. The number of aromatic amines is 1. The molecule has 0 fully saturated rings. The molecule has 0 amide bonds. The van der Waals surface area contributed by atoms with Crippen LogP contribution in [0.25, 0.3) is 44.7 Å². The minimum absolute atomic E-state index is 0.824. The first-order valence-electron chi connectivity index (χ1n) is 11.1. The molecule has 2 aromatic heterocycles. The maximum atomic E-state index is 5.04. The fourth-order valence-electron chi connectivity index (χ4n) is 4.21. The number of fused-ring (bicyclic) bond motifs is 1. The van der Waals surface area contributed by atoms with Gasteiger partial charge in [0.15, 0.2) is 0 Å². The van der Waals surface area contributed by atoms with Crippen LogP contribution < -0.4 is 4.90 Å². The van der Waals surface area contributed by atoms with Crippen LogP contribution >= 0.6 is 0 Å². The van der Waals surface area contributed by atoms with Gasteiger partial charge in [0, 0.05) is 36.0 Å². The van der Waals surface area contributed by atoms with Crippen molar-refractivity contribution in [3.63, 3.8) is 0 Å². The third-order valence-corrected chi connectivity index (χ3v) is 5.92. The van der Waals surface area contributed by atoms with Gasteiger partial charge in [0.05, 0.1) is 11.4 Å². The Kier molecular flexibility index (Phi) is 5.42. The normalized spacial score (nSPS) is 11.1. The van der Waals surface area contributed by atoms with E-state index in [0.29, 0.717) is 0 Å². The third kappa shape index (κ3) is 3.65. The lowest BCUT2D eigenvalue weighted by Gasteiger charge is -2.19. The fraction of sp³-hybridized carbons (Fsp3) is 0.143. The Hall–Kier alpha value is -3.92. The summed E-state index contributed by atoms with van der Waals surface area (Å²) in [6.45, 7) is 6.17. The highest BCUT2D eigenvalue weighted by Crippen LogP contribution is 2.36.